The van der Waals surface area contributed by atoms with Gasteiger partial charge in [0.25, 0.3) is 0 Å². The number of carbonyl (C=O) groups is 1. The van der Waals surface area contributed by atoms with E-state index in [9.17, 15) is 4.79 Å². The van der Waals surface area contributed by atoms with Crippen LogP contribution < -0.4 is 5.73 Å². The maximum Gasteiger partial charge on any atom is 0.239 e. The van der Waals surface area contributed by atoms with E-state index in [2.05, 4.69) is 32.6 Å². The molecule has 7 heteroatoms. The second-order valence-corrected chi connectivity index (χ2v) is 7.98. The number of halogens is 2. The van der Waals surface area contributed by atoms with Crippen LogP contribution in [-0.4, -0.2) is 66.7 Å². The number of carbonyl (C=O) groups excluding carboxylic acids is 1. The Morgan fingerprint density at radius 1 is 1.12 bits per heavy atom. The van der Waals surface area contributed by atoms with Crippen molar-refractivity contribution in [3.8, 4) is 0 Å². The molecule has 5 nitrogen and oxygen atoms in total. The van der Waals surface area contributed by atoms with Crippen molar-refractivity contribution < 1.29 is 9.53 Å². The van der Waals surface area contributed by atoms with Crippen molar-refractivity contribution in [2.45, 2.75) is 65.2 Å². The fourth-order valence-corrected chi connectivity index (χ4v) is 3.98. The van der Waals surface area contributed by atoms with Crippen LogP contribution in [0.3, 0.4) is 0 Å². The first-order valence-electron chi connectivity index (χ1n) is 9.27. The highest BCUT2D eigenvalue weighted by Crippen LogP contribution is 2.21. The zero-order valence-corrected chi connectivity index (χ0v) is 17.8. The number of hydrogen-bond donors (Lipinski definition) is 1. The van der Waals surface area contributed by atoms with Gasteiger partial charge in [-0.2, -0.15) is 0 Å². The van der Waals surface area contributed by atoms with Gasteiger partial charge < -0.3 is 15.4 Å². The third-order valence-corrected chi connectivity index (χ3v) is 4.98. The average Bonchev–Trinajstić information content (AvgIpc) is 2.45. The Morgan fingerprint density at radius 3 is 2.12 bits per heavy atom. The number of hydrogen-bond acceptors (Lipinski definition) is 4. The molecule has 150 valence electrons. The smallest absolute Gasteiger partial charge is 0.239 e. The zero-order valence-electron chi connectivity index (χ0n) is 16.1. The molecule has 0 aromatic carbocycles. The van der Waals surface area contributed by atoms with Crippen LogP contribution >= 0.6 is 24.8 Å². The highest BCUT2D eigenvalue weighted by molar-refractivity contribution is 5.85. The lowest BCUT2D eigenvalue weighted by Crippen LogP contribution is -2.50. The summed E-state index contributed by atoms with van der Waals surface area (Å²) in [4.78, 5) is 16.9. The minimum Gasteiger partial charge on any atom is -0.373 e. The zero-order chi connectivity index (χ0) is 17.0. The minimum atomic E-state index is -0.326. The first kappa shape index (κ1) is 24.9. The molecule has 0 saturated carbocycles. The van der Waals surface area contributed by atoms with E-state index in [-0.39, 0.29) is 36.8 Å². The molecule has 2 unspecified atom stereocenters. The van der Waals surface area contributed by atoms with Crippen LogP contribution in [-0.2, 0) is 9.53 Å². The number of nitrogens with two attached hydrogens (primary N) is 1. The largest absolute Gasteiger partial charge is 0.373 e. The Balaban J connectivity index is 0.00000288. The summed E-state index contributed by atoms with van der Waals surface area (Å²) in [5, 5.41) is 0. The molecular weight excluding hydrogens is 361 g/mol. The minimum absolute atomic E-state index is 0. The highest BCUT2D eigenvalue weighted by Gasteiger charge is 2.29. The van der Waals surface area contributed by atoms with Gasteiger partial charge in [0.1, 0.15) is 0 Å². The van der Waals surface area contributed by atoms with E-state index in [1.165, 1.54) is 0 Å². The molecule has 25 heavy (non-hydrogen) atoms. The molecule has 0 aliphatic carbocycles. The molecule has 0 radical (unpaired) electrons. The summed E-state index contributed by atoms with van der Waals surface area (Å²) in [6.45, 7) is 13.5. The Kier molecular flexibility index (Phi) is 11.6. The quantitative estimate of drug-likeness (QED) is 0.773. The fraction of sp³-hybridized carbons (Fsp3) is 0.944. The van der Waals surface area contributed by atoms with Crippen molar-refractivity contribution in [3.05, 3.63) is 0 Å². The number of rotatable bonds is 5. The molecule has 2 aliphatic rings. The number of morpholine rings is 1. The predicted molar refractivity (Wildman–Crippen MR) is 108 cm³/mol. The Hall–Kier alpha value is -0.0700. The van der Waals surface area contributed by atoms with E-state index in [0.717, 1.165) is 52.0 Å². The van der Waals surface area contributed by atoms with Crippen LogP contribution in [0.25, 0.3) is 0 Å². The van der Waals surface area contributed by atoms with Crippen molar-refractivity contribution in [1.82, 2.24) is 9.80 Å². The maximum atomic E-state index is 12.4. The van der Waals surface area contributed by atoms with Crippen LogP contribution in [0.4, 0.5) is 0 Å². The molecule has 2 fully saturated rings. The molecule has 0 spiro atoms. The maximum absolute atomic E-state index is 12.4. The molecule has 2 N–H and O–H groups in total. The van der Waals surface area contributed by atoms with E-state index in [4.69, 9.17) is 10.5 Å². The Morgan fingerprint density at radius 2 is 1.64 bits per heavy atom. The van der Waals surface area contributed by atoms with E-state index in [1.807, 2.05) is 4.90 Å². The van der Waals surface area contributed by atoms with Gasteiger partial charge in [-0.05, 0) is 44.9 Å². The SMILES string of the molecule is CC(C)C[C@H](N)C(=O)N1CCC(CN2CC(C)OC(C)C2)CC1.Cl.Cl. The lowest BCUT2D eigenvalue weighted by molar-refractivity contribution is -0.134. The summed E-state index contributed by atoms with van der Waals surface area (Å²) in [6.07, 6.45) is 3.63. The van der Waals surface area contributed by atoms with Crippen LogP contribution in [0, 0.1) is 11.8 Å². The monoisotopic (exact) mass is 397 g/mol. The molecule has 2 rings (SSSR count). The third-order valence-electron chi connectivity index (χ3n) is 4.98. The van der Waals surface area contributed by atoms with Gasteiger partial charge in [-0.3, -0.25) is 9.69 Å². The van der Waals surface area contributed by atoms with Crippen molar-refractivity contribution in [2.75, 3.05) is 32.7 Å². The summed E-state index contributed by atoms with van der Waals surface area (Å²) < 4.78 is 5.80. The third kappa shape index (κ3) is 8.00. The van der Waals surface area contributed by atoms with Gasteiger partial charge >= 0.3 is 0 Å². The van der Waals surface area contributed by atoms with E-state index >= 15 is 0 Å². The second-order valence-electron chi connectivity index (χ2n) is 7.98. The van der Waals surface area contributed by atoms with E-state index in [1.54, 1.807) is 0 Å². The molecule has 0 bridgehead atoms. The normalized spacial score (nSPS) is 26.7. The number of likely N-dealkylation sites (tertiary alicyclic amines) is 1. The van der Waals surface area contributed by atoms with Gasteiger partial charge in [0.15, 0.2) is 0 Å². The van der Waals surface area contributed by atoms with E-state index < -0.39 is 0 Å². The van der Waals surface area contributed by atoms with Crippen molar-refractivity contribution in [1.29, 1.82) is 0 Å². The van der Waals surface area contributed by atoms with Crippen LogP contribution in [0.15, 0.2) is 0 Å². The summed E-state index contributed by atoms with van der Waals surface area (Å²) in [7, 11) is 0. The van der Waals surface area contributed by atoms with Crippen molar-refractivity contribution in [3.63, 3.8) is 0 Å². The average molecular weight is 398 g/mol. The van der Waals surface area contributed by atoms with E-state index in [0.29, 0.717) is 24.0 Å². The van der Waals surface area contributed by atoms with Crippen molar-refractivity contribution in [2.24, 2.45) is 17.6 Å². The van der Waals surface area contributed by atoms with Gasteiger partial charge in [-0.15, -0.1) is 24.8 Å². The van der Waals surface area contributed by atoms with Gasteiger partial charge in [0, 0.05) is 32.7 Å². The summed E-state index contributed by atoms with van der Waals surface area (Å²) in [5.74, 6) is 1.31. The second kappa shape index (κ2) is 11.6. The number of ether oxygens (including phenoxy) is 1. The molecule has 2 aliphatic heterocycles. The number of nitrogens with zero attached hydrogens (tertiary/aromatic N) is 2. The molecule has 3 atom stereocenters. The fourth-order valence-electron chi connectivity index (χ4n) is 3.98. The van der Waals surface area contributed by atoms with Gasteiger partial charge in [0.2, 0.25) is 5.91 Å². The molecule has 2 saturated heterocycles. The first-order valence-corrected chi connectivity index (χ1v) is 9.27. The number of piperidine rings is 1. The van der Waals surface area contributed by atoms with Gasteiger partial charge in [-0.1, -0.05) is 13.8 Å². The molecule has 1 amide bonds. The molecule has 0 aromatic rings. The lowest BCUT2D eigenvalue weighted by atomic mass is 9.94. The summed E-state index contributed by atoms with van der Waals surface area (Å²) in [6, 6.07) is -0.326. The molecule has 2 heterocycles. The van der Waals surface area contributed by atoms with Crippen molar-refractivity contribution >= 4 is 30.7 Å². The lowest BCUT2D eigenvalue weighted by Gasteiger charge is -2.40. The highest BCUT2D eigenvalue weighted by atomic mass is 35.5. The predicted octanol–water partition coefficient (Wildman–Crippen LogP) is 2.55. The molecular formula is C18H37Cl2N3O2. The Bertz CT molecular complexity index is 381. The topological polar surface area (TPSA) is 58.8 Å². The van der Waals surface area contributed by atoms with Crippen LogP contribution in [0.2, 0.25) is 0 Å². The molecule has 0 aromatic heterocycles. The Labute approximate surface area is 165 Å². The summed E-state index contributed by atoms with van der Waals surface area (Å²) in [5.41, 5.74) is 6.05. The standard InChI is InChI=1S/C18H35N3O2.2ClH/c1-13(2)9-17(19)18(22)21-7-5-16(6-8-21)12-20-10-14(3)23-15(4)11-20;;/h13-17H,5-12,19H2,1-4H3;2*1H/t14?,15?,17-;;/m0../s1. The summed E-state index contributed by atoms with van der Waals surface area (Å²) >= 11 is 0. The number of amides is 1. The van der Waals surface area contributed by atoms with Gasteiger partial charge in [0.05, 0.1) is 18.2 Å². The van der Waals surface area contributed by atoms with Gasteiger partial charge in [-0.25, -0.2) is 0 Å². The van der Waals surface area contributed by atoms with Crippen LogP contribution in [0.1, 0.15) is 47.0 Å². The first-order chi connectivity index (χ1) is 10.8. The van der Waals surface area contributed by atoms with Crippen LogP contribution in [0.5, 0.6) is 0 Å².